The van der Waals surface area contributed by atoms with Crippen molar-refractivity contribution < 1.29 is 0 Å². The predicted molar refractivity (Wildman–Crippen MR) is 117 cm³/mol. The van der Waals surface area contributed by atoms with Crippen LogP contribution in [0.4, 0.5) is 0 Å². The number of benzene rings is 2. The summed E-state index contributed by atoms with van der Waals surface area (Å²) in [5.41, 5.74) is 4.37. The van der Waals surface area contributed by atoms with E-state index in [9.17, 15) is 0 Å². The maximum absolute atomic E-state index is 4.73. The largest absolute Gasteiger partial charge is 0.245 e. The Labute approximate surface area is 176 Å². The number of nitrogens with zero attached hydrogens (tertiary/aromatic N) is 6. The molecule has 0 atom stereocenters. The second kappa shape index (κ2) is 9.43. The van der Waals surface area contributed by atoms with Crippen LogP contribution in [0.15, 0.2) is 48.5 Å². The summed E-state index contributed by atoms with van der Waals surface area (Å²) in [6.07, 6.45) is 5.44. The first-order valence-electron chi connectivity index (χ1n) is 10.6. The highest BCUT2D eigenvalue weighted by molar-refractivity contribution is 5.80. The van der Waals surface area contributed by atoms with Crippen LogP contribution >= 0.6 is 0 Å². The van der Waals surface area contributed by atoms with Gasteiger partial charge in [-0.25, -0.2) is 9.67 Å². The van der Waals surface area contributed by atoms with Gasteiger partial charge in [-0.3, -0.25) is 0 Å². The second-order valence-corrected chi connectivity index (χ2v) is 7.39. The zero-order valence-electron chi connectivity index (χ0n) is 17.5. The first-order chi connectivity index (χ1) is 14.8. The van der Waals surface area contributed by atoms with E-state index in [0.717, 1.165) is 54.1 Å². The molecule has 4 rings (SSSR count). The minimum absolute atomic E-state index is 0.598. The van der Waals surface area contributed by atoms with Crippen molar-refractivity contribution in [3.63, 3.8) is 0 Å². The van der Waals surface area contributed by atoms with E-state index in [1.807, 2.05) is 18.2 Å². The Bertz CT molecular complexity index is 1070. The molecule has 30 heavy (non-hydrogen) atoms. The van der Waals surface area contributed by atoms with Crippen molar-refractivity contribution in [3.05, 3.63) is 65.7 Å². The molecule has 2 aromatic heterocycles. The van der Waals surface area contributed by atoms with Crippen LogP contribution in [0.2, 0.25) is 0 Å². The molecule has 0 spiro atoms. The maximum Gasteiger partial charge on any atom is 0.205 e. The molecule has 2 heterocycles. The van der Waals surface area contributed by atoms with Crippen molar-refractivity contribution in [3.8, 4) is 22.5 Å². The molecule has 0 aliphatic carbocycles. The molecule has 0 fully saturated rings. The lowest BCUT2D eigenvalue weighted by Gasteiger charge is -2.09. The molecule has 0 aliphatic heterocycles. The fraction of sp³-hybridized carbons (Fsp3) is 0.348. The molecular formula is C23H27N7. The summed E-state index contributed by atoms with van der Waals surface area (Å²) in [4.78, 5) is 4.73. The lowest BCUT2D eigenvalue weighted by atomic mass is 9.98. The lowest BCUT2D eigenvalue weighted by molar-refractivity contribution is 0.604. The average Bonchev–Trinajstić information content (AvgIpc) is 3.45. The van der Waals surface area contributed by atoms with Crippen molar-refractivity contribution in [2.24, 2.45) is 0 Å². The summed E-state index contributed by atoms with van der Waals surface area (Å²) in [7, 11) is 0. The van der Waals surface area contributed by atoms with E-state index in [-0.39, 0.29) is 0 Å². The number of aryl methyl sites for hydroxylation is 2. The van der Waals surface area contributed by atoms with Crippen LogP contribution in [0.25, 0.3) is 22.5 Å². The molecule has 0 amide bonds. The Kier molecular flexibility index (Phi) is 6.27. The highest BCUT2D eigenvalue weighted by Gasteiger charge is 2.12. The number of nitrogens with one attached hydrogen (secondary N) is 1. The van der Waals surface area contributed by atoms with Gasteiger partial charge in [0, 0.05) is 18.4 Å². The number of unbranched alkanes of at least 4 members (excludes halogenated alkanes) is 2. The topological polar surface area (TPSA) is 85.2 Å². The van der Waals surface area contributed by atoms with E-state index >= 15 is 0 Å². The minimum atomic E-state index is 0.598. The van der Waals surface area contributed by atoms with Gasteiger partial charge in [-0.05, 0) is 28.3 Å². The summed E-state index contributed by atoms with van der Waals surface area (Å²) >= 11 is 0. The van der Waals surface area contributed by atoms with Crippen LogP contribution in [0, 0.1) is 0 Å². The van der Waals surface area contributed by atoms with E-state index in [1.165, 1.54) is 18.4 Å². The number of hydrogen-bond acceptors (Lipinski definition) is 5. The van der Waals surface area contributed by atoms with Crippen LogP contribution in [0.1, 0.15) is 50.3 Å². The number of hydrogen-bond donors (Lipinski definition) is 1. The fourth-order valence-corrected chi connectivity index (χ4v) is 3.59. The normalized spacial score (nSPS) is 11.1. The molecule has 4 aromatic rings. The minimum Gasteiger partial charge on any atom is -0.245 e. The quantitative estimate of drug-likeness (QED) is 0.418. The molecule has 0 radical (unpaired) electrons. The van der Waals surface area contributed by atoms with Gasteiger partial charge in [0.15, 0.2) is 5.82 Å². The Morgan fingerprint density at radius 3 is 2.43 bits per heavy atom. The number of H-pyrrole nitrogens is 1. The van der Waals surface area contributed by atoms with Gasteiger partial charge < -0.3 is 0 Å². The van der Waals surface area contributed by atoms with E-state index in [4.69, 9.17) is 10.1 Å². The summed E-state index contributed by atoms with van der Waals surface area (Å²) in [6, 6.07) is 16.7. The maximum atomic E-state index is 4.73. The standard InChI is InChI=1S/C23H27N7/c1-3-5-6-11-22-24-21(4-2)27-30(22)16-17-12-14-18(15-13-17)19-9-7-8-10-20(19)23-25-28-29-26-23/h7-10,12-15H,3-6,11,16H2,1-2H3,(H,25,26,28,29). The molecule has 1 N–H and O–H groups in total. The van der Waals surface area contributed by atoms with Gasteiger partial charge in [0.2, 0.25) is 5.82 Å². The monoisotopic (exact) mass is 401 g/mol. The van der Waals surface area contributed by atoms with Crippen molar-refractivity contribution in [2.45, 2.75) is 52.5 Å². The third-order valence-electron chi connectivity index (χ3n) is 5.22. The van der Waals surface area contributed by atoms with Crippen LogP contribution < -0.4 is 0 Å². The summed E-state index contributed by atoms with van der Waals surface area (Å²) in [5.74, 6) is 2.61. The third-order valence-corrected chi connectivity index (χ3v) is 5.22. The van der Waals surface area contributed by atoms with Gasteiger partial charge in [0.1, 0.15) is 5.82 Å². The first kappa shape index (κ1) is 19.9. The van der Waals surface area contributed by atoms with Crippen molar-refractivity contribution in [1.29, 1.82) is 0 Å². The molecule has 0 bridgehead atoms. The fourth-order valence-electron chi connectivity index (χ4n) is 3.59. The predicted octanol–water partition coefficient (Wildman–Crippen LogP) is 4.47. The number of aromatic amines is 1. The highest BCUT2D eigenvalue weighted by atomic mass is 15.5. The van der Waals surface area contributed by atoms with Gasteiger partial charge in [-0.1, -0.05) is 75.2 Å². The summed E-state index contributed by atoms with van der Waals surface area (Å²) < 4.78 is 2.07. The summed E-state index contributed by atoms with van der Waals surface area (Å²) in [6.45, 7) is 5.06. The Hall–Kier alpha value is -3.35. The van der Waals surface area contributed by atoms with Crippen LogP contribution in [0.5, 0.6) is 0 Å². The Balaban J connectivity index is 1.55. The zero-order valence-corrected chi connectivity index (χ0v) is 17.5. The molecule has 7 heteroatoms. The Morgan fingerprint density at radius 2 is 1.73 bits per heavy atom. The molecule has 2 aromatic carbocycles. The van der Waals surface area contributed by atoms with Crippen LogP contribution in [-0.2, 0) is 19.4 Å². The van der Waals surface area contributed by atoms with Gasteiger partial charge in [-0.2, -0.15) is 10.3 Å². The second-order valence-electron chi connectivity index (χ2n) is 7.39. The summed E-state index contributed by atoms with van der Waals surface area (Å²) in [5, 5.41) is 19.2. The van der Waals surface area contributed by atoms with Crippen LogP contribution in [-0.4, -0.2) is 35.4 Å². The van der Waals surface area contributed by atoms with E-state index < -0.39 is 0 Å². The number of tetrazole rings is 1. The van der Waals surface area contributed by atoms with Gasteiger partial charge in [0.05, 0.1) is 6.54 Å². The van der Waals surface area contributed by atoms with Crippen molar-refractivity contribution >= 4 is 0 Å². The van der Waals surface area contributed by atoms with Gasteiger partial charge in [0.25, 0.3) is 0 Å². The molecule has 0 saturated heterocycles. The first-order valence-corrected chi connectivity index (χ1v) is 10.6. The van der Waals surface area contributed by atoms with E-state index in [1.54, 1.807) is 0 Å². The zero-order chi connectivity index (χ0) is 20.8. The molecular weight excluding hydrogens is 374 g/mol. The third kappa shape index (κ3) is 4.45. The average molecular weight is 402 g/mol. The lowest BCUT2D eigenvalue weighted by Crippen LogP contribution is -2.07. The number of rotatable bonds is 9. The van der Waals surface area contributed by atoms with Gasteiger partial charge >= 0.3 is 0 Å². The van der Waals surface area contributed by atoms with E-state index in [0.29, 0.717) is 5.82 Å². The van der Waals surface area contributed by atoms with Crippen molar-refractivity contribution in [2.75, 3.05) is 0 Å². The SMILES string of the molecule is CCCCCc1nc(CC)nn1Cc1ccc(-c2ccccc2-c2nn[nH]n2)cc1. The van der Waals surface area contributed by atoms with E-state index in [2.05, 4.69) is 69.5 Å². The van der Waals surface area contributed by atoms with Crippen LogP contribution in [0.3, 0.4) is 0 Å². The molecule has 0 saturated carbocycles. The molecule has 0 aliphatic rings. The van der Waals surface area contributed by atoms with Gasteiger partial charge in [-0.15, -0.1) is 10.2 Å². The smallest absolute Gasteiger partial charge is 0.205 e. The molecule has 154 valence electrons. The highest BCUT2D eigenvalue weighted by Crippen LogP contribution is 2.29. The number of aromatic nitrogens is 7. The molecule has 7 nitrogen and oxygen atoms in total. The van der Waals surface area contributed by atoms with Crippen molar-refractivity contribution in [1.82, 2.24) is 35.4 Å². The Morgan fingerprint density at radius 1 is 0.933 bits per heavy atom. The molecule has 0 unspecified atom stereocenters.